The van der Waals surface area contributed by atoms with Crippen LogP contribution in [0.3, 0.4) is 0 Å². The van der Waals surface area contributed by atoms with E-state index in [9.17, 15) is 29.4 Å². The van der Waals surface area contributed by atoms with Gasteiger partial charge in [0, 0.05) is 6.42 Å². The molecule has 0 unspecified atom stereocenters. The lowest BCUT2D eigenvalue weighted by Gasteiger charge is -2.43. The van der Waals surface area contributed by atoms with Gasteiger partial charge in [0.1, 0.15) is 18.3 Å². The van der Waals surface area contributed by atoms with E-state index in [0.29, 0.717) is 12.0 Å². The zero-order chi connectivity index (χ0) is 57.8. The third-order valence-corrected chi connectivity index (χ3v) is 15.2. The number of benzene rings is 3. The molecule has 12 heteroatoms. The lowest BCUT2D eigenvalue weighted by molar-refractivity contribution is -0.300. The minimum absolute atomic E-state index is 0.182. The molecule has 4 rings (SSSR count). The number of esters is 3. The molecule has 0 aliphatic carbocycles. The molecule has 7 atom stereocenters. The van der Waals surface area contributed by atoms with E-state index in [1.165, 1.54) is 148 Å². The van der Waals surface area contributed by atoms with E-state index in [1.807, 2.05) is 12.1 Å². The van der Waals surface area contributed by atoms with Crippen molar-refractivity contribution >= 4 is 23.8 Å². The van der Waals surface area contributed by atoms with Crippen LogP contribution < -0.4 is 5.32 Å². The van der Waals surface area contributed by atoms with Crippen molar-refractivity contribution in [1.82, 2.24) is 5.32 Å². The first-order chi connectivity index (χ1) is 39.7. The largest absolute Gasteiger partial charge is 0.452 e. The van der Waals surface area contributed by atoms with E-state index in [1.54, 1.807) is 91.0 Å². The second kappa shape index (κ2) is 44.4. The molecule has 0 bridgehead atoms. The first-order valence-corrected chi connectivity index (χ1v) is 31.7. The Kier molecular flexibility index (Phi) is 37.5. The van der Waals surface area contributed by atoms with Crippen molar-refractivity contribution in [2.24, 2.45) is 0 Å². The van der Waals surface area contributed by atoms with Crippen LogP contribution in [0.2, 0.25) is 0 Å². The van der Waals surface area contributed by atoms with Gasteiger partial charge in [0.25, 0.3) is 0 Å². The summed E-state index contributed by atoms with van der Waals surface area (Å²) in [6.07, 6.45) is 37.2. The molecule has 0 aromatic heterocycles. The Bertz CT molecular complexity index is 2130. The fraction of sp³-hybridized carbons (Fsp3) is 0.623. The van der Waals surface area contributed by atoms with Crippen LogP contribution in [0.15, 0.2) is 115 Å². The minimum Gasteiger partial charge on any atom is -0.452 e. The summed E-state index contributed by atoms with van der Waals surface area (Å²) in [6.45, 7) is 3.47. The van der Waals surface area contributed by atoms with Gasteiger partial charge in [0.05, 0.1) is 35.9 Å². The van der Waals surface area contributed by atoms with Gasteiger partial charge in [-0.05, 0) is 87.4 Å². The Balaban J connectivity index is 1.41. The Morgan fingerprint density at radius 2 is 0.889 bits per heavy atom. The van der Waals surface area contributed by atoms with Crippen LogP contribution in [-0.2, 0) is 28.5 Å². The molecule has 0 spiro atoms. The van der Waals surface area contributed by atoms with E-state index >= 15 is 0 Å². The summed E-state index contributed by atoms with van der Waals surface area (Å²) in [6, 6.07) is 24.0. The maximum absolute atomic E-state index is 14.0. The van der Waals surface area contributed by atoms with Gasteiger partial charge in [-0.1, -0.05) is 241 Å². The predicted octanol–water partition coefficient (Wildman–Crippen LogP) is 15.9. The lowest BCUT2D eigenvalue weighted by Crippen LogP contribution is -2.62. The molecule has 12 nitrogen and oxygen atoms in total. The van der Waals surface area contributed by atoms with Crippen LogP contribution in [0, 0.1) is 0 Å². The molecule has 450 valence electrons. The number of rotatable bonds is 46. The van der Waals surface area contributed by atoms with Crippen LogP contribution in [0.4, 0.5) is 0 Å². The van der Waals surface area contributed by atoms with Crippen LogP contribution in [-0.4, -0.2) is 90.1 Å². The smallest absolute Gasteiger partial charge is 0.338 e. The number of hydrogen-bond donors (Lipinski definition) is 3. The second-order valence-corrected chi connectivity index (χ2v) is 22.1. The van der Waals surface area contributed by atoms with Crippen molar-refractivity contribution in [3.63, 3.8) is 0 Å². The standard InChI is InChI=1S/C69H103NO11/c1-3-5-7-9-11-13-15-17-18-19-20-21-22-23-24-26-28-30-32-34-45-53-62(72)70-59(60(78-66(74)56-46-38-35-39-47-56)52-44-33-31-29-27-25-16-14-12-10-8-6-4-2)55-77-69-65(81-68(76)58-50-42-37-43-51-58)64(63(73)61(54-71)79-69)80-67(75)57-48-40-36-41-49-57/h17-18,35-44,46-52,59-61,63-65,69,71,73H,3-16,19-34,45,53-55H2,1-2H3,(H,70,72)/b18-17-,52-44+/t59-,60+,61+,63-,64-,65+,69-/m0/s1. The highest BCUT2D eigenvalue weighted by atomic mass is 16.7. The van der Waals surface area contributed by atoms with Crippen molar-refractivity contribution in [2.75, 3.05) is 13.2 Å². The summed E-state index contributed by atoms with van der Waals surface area (Å²) in [5.74, 6) is -2.47. The van der Waals surface area contributed by atoms with Crippen molar-refractivity contribution in [3.05, 3.63) is 132 Å². The molecule has 1 aliphatic rings. The minimum atomic E-state index is -1.64. The Hall–Kier alpha value is -5.14. The lowest BCUT2D eigenvalue weighted by atomic mass is 9.98. The number of ether oxygens (including phenoxy) is 5. The van der Waals surface area contributed by atoms with Gasteiger partial charge in [-0.25, -0.2) is 14.4 Å². The highest BCUT2D eigenvalue weighted by Crippen LogP contribution is 2.29. The summed E-state index contributed by atoms with van der Waals surface area (Å²) < 4.78 is 30.7. The Morgan fingerprint density at radius 1 is 0.506 bits per heavy atom. The first kappa shape index (κ1) is 68.4. The van der Waals surface area contributed by atoms with Crippen LogP contribution in [0.5, 0.6) is 0 Å². The van der Waals surface area contributed by atoms with Crippen molar-refractivity contribution < 1.29 is 53.1 Å². The summed E-state index contributed by atoms with van der Waals surface area (Å²) in [7, 11) is 0. The number of unbranched alkanes of at least 4 members (excludes halogenated alkanes) is 28. The molecule has 0 radical (unpaired) electrons. The molecule has 0 saturated carbocycles. The monoisotopic (exact) mass is 1120 g/mol. The van der Waals surface area contributed by atoms with Gasteiger partial charge < -0.3 is 39.2 Å². The zero-order valence-corrected chi connectivity index (χ0v) is 49.6. The molecule has 1 fully saturated rings. The maximum Gasteiger partial charge on any atom is 0.338 e. The summed E-state index contributed by atoms with van der Waals surface area (Å²) in [4.78, 5) is 55.2. The molecule has 1 saturated heterocycles. The van der Waals surface area contributed by atoms with Gasteiger partial charge >= 0.3 is 17.9 Å². The van der Waals surface area contributed by atoms with Crippen LogP contribution in [0.1, 0.15) is 250 Å². The molecule has 3 N–H and O–H groups in total. The molecule has 1 heterocycles. The summed E-state index contributed by atoms with van der Waals surface area (Å²) >= 11 is 0. The molecule has 1 aliphatic heterocycles. The highest BCUT2D eigenvalue weighted by Gasteiger charge is 2.51. The fourth-order valence-corrected chi connectivity index (χ4v) is 10.3. The van der Waals surface area contributed by atoms with Crippen LogP contribution in [0.25, 0.3) is 0 Å². The topological polar surface area (TPSA) is 167 Å². The summed E-state index contributed by atoms with van der Waals surface area (Å²) in [5, 5.41) is 25.2. The molecule has 3 aromatic rings. The third kappa shape index (κ3) is 29.6. The molecule has 1 amide bonds. The number of hydrogen-bond acceptors (Lipinski definition) is 11. The summed E-state index contributed by atoms with van der Waals surface area (Å²) in [5.41, 5.74) is 0.695. The van der Waals surface area contributed by atoms with E-state index < -0.39 is 67.4 Å². The van der Waals surface area contributed by atoms with E-state index in [0.717, 1.165) is 44.9 Å². The predicted molar refractivity (Wildman–Crippen MR) is 324 cm³/mol. The van der Waals surface area contributed by atoms with Crippen LogP contribution >= 0.6 is 0 Å². The normalized spacial score (nSPS) is 18.0. The van der Waals surface area contributed by atoms with Crippen molar-refractivity contribution in [3.8, 4) is 0 Å². The number of carbonyl (C=O) groups excluding carboxylic acids is 4. The van der Waals surface area contributed by atoms with E-state index in [2.05, 4.69) is 31.3 Å². The number of allylic oxidation sites excluding steroid dienone is 3. The number of nitrogens with one attached hydrogen (secondary N) is 1. The average molecular weight is 1120 g/mol. The molecule has 3 aromatic carbocycles. The molecule has 81 heavy (non-hydrogen) atoms. The fourth-order valence-electron chi connectivity index (χ4n) is 10.3. The maximum atomic E-state index is 14.0. The van der Waals surface area contributed by atoms with Gasteiger partial charge in [0.2, 0.25) is 5.91 Å². The van der Waals surface area contributed by atoms with Crippen molar-refractivity contribution in [2.45, 2.75) is 262 Å². The first-order valence-electron chi connectivity index (χ1n) is 31.7. The Morgan fingerprint density at radius 3 is 1.32 bits per heavy atom. The molecular formula is C69H103NO11. The molecular weight excluding hydrogens is 1020 g/mol. The highest BCUT2D eigenvalue weighted by molar-refractivity contribution is 5.91. The van der Waals surface area contributed by atoms with E-state index in [4.69, 9.17) is 23.7 Å². The van der Waals surface area contributed by atoms with E-state index in [-0.39, 0.29) is 30.1 Å². The number of carbonyl (C=O) groups is 4. The quantitative estimate of drug-likeness (QED) is 0.0213. The number of aliphatic hydroxyl groups excluding tert-OH is 2. The van der Waals surface area contributed by atoms with Gasteiger partial charge in [-0.3, -0.25) is 4.79 Å². The zero-order valence-electron chi connectivity index (χ0n) is 49.6. The second-order valence-electron chi connectivity index (χ2n) is 22.1. The van der Waals surface area contributed by atoms with Crippen molar-refractivity contribution in [1.29, 1.82) is 0 Å². The number of aliphatic hydroxyl groups is 2. The Labute approximate surface area is 487 Å². The third-order valence-electron chi connectivity index (χ3n) is 15.2. The average Bonchev–Trinajstić information content (AvgIpc) is 3.67. The SMILES string of the molecule is CCCCCCCC/C=C\CCCCCCCCCCCCCC(=O)N[C@@H](CO[C@H]1O[C@H](CO)[C@H](O)[C@H](OC(=O)c2ccccc2)[C@H]1OC(=O)c1ccccc1)[C@@H](/C=C/CCCCCCCCCCCCC)OC(=O)c1ccccc1. The van der Waals surface area contributed by atoms with Gasteiger partial charge in [-0.15, -0.1) is 0 Å². The van der Waals surface area contributed by atoms with Gasteiger partial charge in [0.15, 0.2) is 18.5 Å². The number of amides is 1. The van der Waals surface area contributed by atoms with Gasteiger partial charge in [-0.2, -0.15) is 0 Å².